The van der Waals surface area contributed by atoms with Crippen LogP contribution in [0.4, 0.5) is 0 Å². The SMILES string of the molecule is N#Cc1ccccc1CN1CCN(C(=O)c2ccc3c(c2)OCO3)CC1. The maximum atomic E-state index is 12.7. The van der Waals surface area contributed by atoms with Gasteiger partial charge in [0.15, 0.2) is 11.5 Å². The molecule has 6 heteroatoms. The van der Waals surface area contributed by atoms with Crippen LogP contribution in [0, 0.1) is 11.3 Å². The number of hydrogen-bond acceptors (Lipinski definition) is 5. The Bertz CT molecular complexity index is 867. The minimum atomic E-state index is 0.0142. The van der Waals surface area contributed by atoms with E-state index in [1.807, 2.05) is 29.2 Å². The molecule has 6 nitrogen and oxygen atoms in total. The summed E-state index contributed by atoms with van der Waals surface area (Å²) in [5, 5.41) is 9.21. The summed E-state index contributed by atoms with van der Waals surface area (Å²) in [6.45, 7) is 3.85. The molecule has 0 atom stereocenters. The zero-order valence-corrected chi connectivity index (χ0v) is 14.4. The van der Waals surface area contributed by atoms with Gasteiger partial charge >= 0.3 is 0 Å². The zero-order valence-electron chi connectivity index (χ0n) is 14.4. The zero-order chi connectivity index (χ0) is 17.9. The number of nitrogens with zero attached hydrogens (tertiary/aromatic N) is 3. The molecule has 2 aliphatic rings. The first kappa shape index (κ1) is 16.4. The van der Waals surface area contributed by atoms with Crippen LogP contribution in [0.25, 0.3) is 0 Å². The quantitative estimate of drug-likeness (QED) is 0.850. The molecule has 0 spiro atoms. The van der Waals surface area contributed by atoms with Crippen LogP contribution in [0.2, 0.25) is 0 Å². The van der Waals surface area contributed by atoms with E-state index in [2.05, 4.69) is 11.0 Å². The summed E-state index contributed by atoms with van der Waals surface area (Å²) in [6, 6.07) is 15.2. The molecule has 0 aliphatic carbocycles. The third-order valence-corrected chi connectivity index (χ3v) is 4.81. The van der Waals surface area contributed by atoms with E-state index in [1.165, 1.54) is 0 Å². The molecule has 0 aromatic heterocycles. The van der Waals surface area contributed by atoms with Crippen molar-refractivity contribution in [3.05, 3.63) is 59.2 Å². The second kappa shape index (κ2) is 7.06. The van der Waals surface area contributed by atoms with Gasteiger partial charge in [0.1, 0.15) is 0 Å². The van der Waals surface area contributed by atoms with Crippen molar-refractivity contribution in [1.82, 2.24) is 9.80 Å². The van der Waals surface area contributed by atoms with Crippen LogP contribution in [0.5, 0.6) is 11.5 Å². The van der Waals surface area contributed by atoms with E-state index in [1.54, 1.807) is 18.2 Å². The first-order chi connectivity index (χ1) is 12.7. The fourth-order valence-corrected chi connectivity index (χ4v) is 3.33. The lowest BCUT2D eigenvalue weighted by atomic mass is 10.1. The second-order valence-electron chi connectivity index (χ2n) is 6.41. The normalized spacial score (nSPS) is 16.3. The molecule has 2 aromatic carbocycles. The third-order valence-electron chi connectivity index (χ3n) is 4.81. The topological polar surface area (TPSA) is 65.8 Å². The van der Waals surface area contributed by atoms with Gasteiger partial charge in [-0.05, 0) is 29.8 Å². The molecule has 2 aromatic rings. The highest BCUT2D eigenvalue weighted by Crippen LogP contribution is 2.32. The molecule has 2 heterocycles. The van der Waals surface area contributed by atoms with E-state index in [9.17, 15) is 10.1 Å². The Balaban J connectivity index is 1.37. The average molecular weight is 349 g/mol. The predicted molar refractivity (Wildman–Crippen MR) is 94.9 cm³/mol. The van der Waals surface area contributed by atoms with Crippen molar-refractivity contribution in [3.8, 4) is 17.6 Å². The lowest BCUT2D eigenvalue weighted by Crippen LogP contribution is -2.48. The summed E-state index contributed by atoms with van der Waals surface area (Å²) in [5.74, 6) is 1.32. The van der Waals surface area contributed by atoms with Crippen molar-refractivity contribution in [2.24, 2.45) is 0 Å². The van der Waals surface area contributed by atoms with Crippen LogP contribution in [-0.2, 0) is 6.54 Å². The molecule has 1 amide bonds. The van der Waals surface area contributed by atoms with Gasteiger partial charge in [0, 0.05) is 38.3 Å². The van der Waals surface area contributed by atoms with E-state index < -0.39 is 0 Å². The number of fused-ring (bicyclic) bond motifs is 1. The Morgan fingerprint density at radius 2 is 1.81 bits per heavy atom. The molecule has 0 radical (unpaired) electrons. The van der Waals surface area contributed by atoms with Gasteiger partial charge < -0.3 is 14.4 Å². The van der Waals surface area contributed by atoms with Crippen molar-refractivity contribution >= 4 is 5.91 Å². The fourth-order valence-electron chi connectivity index (χ4n) is 3.33. The first-order valence-corrected chi connectivity index (χ1v) is 8.64. The molecule has 0 saturated carbocycles. The largest absolute Gasteiger partial charge is 0.454 e. The summed E-state index contributed by atoms with van der Waals surface area (Å²) < 4.78 is 10.6. The number of piperazine rings is 1. The van der Waals surface area contributed by atoms with Crippen LogP contribution in [0.3, 0.4) is 0 Å². The van der Waals surface area contributed by atoms with Crippen molar-refractivity contribution in [2.45, 2.75) is 6.54 Å². The Morgan fingerprint density at radius 1 is 1.04 bits per heavy atom. The average Bonchev–Trinajstić information content (AvgIpc) is 3.16. The number of carbonyl (C=O) groups is 1. The van der Waals surface area contributed by atoms with Gasteiger partial charge in [-0.1, -0.05) is 18.2 Å². The molecule has 1 saturated heterocycles. The smallest absolute Gasteiger partial charge is 0.254 e. The molecule has 132 valence electrons. The van der Waals surface area contributed by atoms with Crippen molar-refractivity contribution in [2.75, 3.05) is 33.0 Å². The highest BCUT2D eigenvalue weighted by atomic mass is 16.7. The van der Waals surface area contributed by atoms with E-state index in [0.29, 0.717) is 35.7 Å². The Labute approximate surface area is 152 Å². The lowest BCUT2D eigenvalue weighted by Gasteiger charge is -2.35. The van der Waals surface area contributed by atoms with Crippen molar-refractivity contribution in [1.29, 1.82) is 5.26 Å². The number of benzene rings is 2. The van der Waals surface area contributed by atoms with Gasteiger partial charge in [-0.3, -0.25) is 9.69 Å². The van der Waals surface area contributed by atoms with E-state index in [4.69, 9.17) is 9.47 Å². The Kier molecular flexibility index (Phi) is 4.46. The summed E-state index contributed by atoms with van der Waals surface area (Å²) >= 11 is 0. The van der Waals surface area contributed by atoms with Gasteiger partial charge in [0.25, 0.3) is 5.91 Å². The summed E-state index contributed by atoms with van der Waals surface area (Å²) in [6.07, 6.45) is 0. The van der Waals surface area contributed by atoms with Gasteiger partial charge in [-0.2, -0.15) is 5.26 Å². The van der Waals surface area contributed by atoms with Crippen LogP contribution in [-0.4, -0.2) is 48.7 Å². The molecular weight excluding hydrogens is 330 g/mol. The van der Waals surface area contributed by atoms with Gasteiger partial charge in [-0.15, -0.1) is 0 Å². The number of nitriles is 1. The molecule has 1 fully saturated rings. The highest BCUT2D eigenvalue weighted by molar-refractivity contribution is 5.95. The molecule has 0 bridgehead atoms. The molecule has 0 unspecified atom stereocenters. The maximum Gasteiger partial charge on any atom is 0.254 e. The van der Waals surface area contributed by atoms with Crippen LogP contribution >= 0.6 is 0 Å². The summed E-state index contributed by atoms with van der Waals surface area (Å²) in [5.41, 5.74) is 2.37. The fraction of sp³-hybridized carbons (Fsp3) is 0.300. The highest BCUT2D eigenvalue weighted by Gasteiger charge is 2.24. The Hall–Kier alpha value is -3.04. The summed E-state index contributed by atoms with van der Waals surface area (Å²) in [7, 11) is 0. The summed E-state index contributed by atoms with van der Waals surface area (Å²) in [4.78, 5) is 16.9. The molecular formula is C20H19N3O3. The number of carbonyl (C=O) groups excluding carboxylic acids is 1. The molecule has 2 aliphatic heterocycles. The Morgan fingerprint density at radius 3 is 2.62 bits per heavy atom. The van der Waals surface area contributed by atoms with Crippen LogP contribution in [0.1, 0.15) is 21.5 Å². The molecule has 0 N–H and O–H groups in total. The predicted octanol–water partition coefficient (Wildman–Crippen LogP) is 2.24. The molecule has 4 rings (SSSR count). The minimum absolute atomic E-state index is 0.0142. The molecule has 26 heavy (non-hydrogen) atoms. The number of ether oxygens (including phenoxy) is 2. The monoisotopic (exact) mass is 349 g/mol. The second-order valence-corrected chi connectivity index (χ2v) is 6.41. The maximum absolute atomic E-state index is 12.7. The number of hydrogen-bond donors (Lipinski definition) is 0. The van der Waals surface area contributed by atoms with Gasteiger partial charge in [0.2, 0.25) is 6.79 Å². The standard InChI is InChI=1S/C20H19N3O3/c21-12-16-3-1-2-4-17(16)13-22-7-9-23(10-8-22)20(24)15-5-6-18-19(11-15)26-14-25-18/h1-6,11H,7-10,13-14H2. The van der Waals surface area contributed by atoms with E-state index >= 15 is 0 Å². The van der Waals surface area contributed by atoms with Crippen molar-refractivity contribution in [3.63, 3.8) is 0 Å². The van der Waals surface area contributed by atoms with Crippen LogP contribution in [0.15, 0.2) is 42.5 Å². The van der Waals surface area contributed by atoms with Crippen LogP contribution < -0.4 is 9.47 Å². The van der Waals surface area contributed by atoms with E-state index in [0.717, 1.165) is 25.2 Å². The first-order valence-electron chi connectivity index (χ1n) is 8.64. The third kappa shape index (κ3) is 3.22. The minimum Gasteiger partial charge on any atom is -0.454 e. The number of amides is 1. The number of rotatable bonds is 3. The lowest BCUT2D eigenvalue weighted by molar-refractivity contribution is 0.0628. The van der Waals surface area contributed by atoms with E-state index in [-0.39, 0.29) is 12.7 Å². The van der Waals surface area contributed by atoms with Gasteiger partial charge in [0.05, 0.1) is 11.6 Å². The van der Waals surface area contributed by atoms with Crippen molar-refractivity contribution < 1.29 is 14.3 Å². The van der Waals surface area contributed by atoms with Gasteiger partial charge in [-0.25, -0.2) is 0 Å².